The average molecular weight is 826 g/mol. The molecule has 4 heterocycles. The van der Waals surface area contributed by atoms with E-state index in [-0.39, 0.29) is 0 Å². The second kappa shape index (κ2) is 17.3. The number of aliphatic imine (C=N–C) groups is 2. The maximum atomic E-state index is 5.12. The monoisotopic (exact) mass is 824 g/mol. The van der Waals surface area contributed by atoms with Crippen molar-refractivity contribution in [1.29, 1.82) is 0 Å². The van der Waals surface area contributed by atoms with E-state index in [0.29, 0.717) is 0 Å². The van der Waals surface area contributed by atoms with Crippen LogP contribution in [0.2, 0.25) is 0 Å². The molecule has 0 aliphatic heterocycles. The highest BCUT2D eigenvalue weighted by Crippen LogP contribution is 2.32. The molecule has 0 N–H and O–H groups in total. The van der Waals surface area contributed by atoms with E-state index in [4.69, 9.17) is 9.98 Å². The van der Waals surface area contributed by atoms with E-state index >= 15 is 0 Å². The molecule has 0 amide bonds. The predicted octanol–water partition coefficient (Wildman–Crippen LogP) is 13.1. The molecule has 59 heavy (non-hydrogen) atoms. The molecule has 0 aliphatic rings. The van der Waals surface area contributed by atoms with Gasteiger partial charge in [-0.1, -0.05) is 182 Å². The zero-order chi connectivity index (χ0) is 39.8. The van der Waals surface area contributed by atoms with Gasteiger partial charge in [-0.15, -0.1) is 0 Å². The Morgan fingerprint density at radius 1 is 0.390 bits per heavy atom. The molecule has 0 atom stereocenters. The van der Waals surface area contributed by atoms with E-state index in [2.05, 4.69) is 135 Å². The standard InChI is InChI=1S/C26H18BrN3.C26H19N3/c27-23-18-28-30-24(23)16-22(19-10-4-1-5-11-19)17-25(30)29-26(20-12-6-2-7-13-20)21-14-8-3-9-15-21;1-4-10-20(11-5-1)23-18-24-16-17-27-29(24)25(19-23)28-26(21-12-6-2-7-13-21)22-14-8-3-9-15-22/h1-18H;1-19H. The van der Waals surface area contributed by atoms with Gasteiger partial charge in [-0.2, -0.15) is 10.2 Å². The molecule has 0 aliphatic carbocycles. The molecule has 0 fully saturated rings. The molecular weight excluding hydrogens is 789 g/mol. The normalized spacial score (nSPS) is 10.8. The van der Waals surface area contributed by atoms with Crippen molar-refractivity contribution in [3.05, 3.63) is 251 Å². The molecule has 7 heteroatoms. The molecule has 282 valence electrons. The lowest BCUT2D eigenvalue weighted by atomic mass is 10.0. The highest BCUT2D eigenvalue weighted by Gasteiger charge is 2.14. The molecule has 6 nitrogen and oxygen atoms in total. The summed E-state index contributed by atoms with van der Waals surface area (Å²) in [7, 11) is 0. The van der Waals surface area contributed by atoms with Gasteiger partial charge in [-0.3, -0.25) is 0 Å². The third-order valence-corrected chi connectivity index (χ3v) is 10.5. The fourth-order valence-electron chi connectivity index (χ4n) is 7.01. The zero-order valence-corrected chi connectivity index (χ0v) is 33.5. The first kappa shape index (κ1) is 37.1. The van der Waals surface area contributed by atoms with Crippen LogP contribution in [0.5, 0.6) is 0 Å². The van der Waals surface area contributed by atoms with Crippen molar-refractivity contribution in [2.75, 3.05) is 0 Å². The molecule has 0 saturated heterocycles. The van der Waals surface area contributed by atoms with Crippen LogP contribution in [0.4, 0.5) is 11.6 Å². The van der Waals surface area contributed by atoms with Crippen molar-refractivity contribution in [3.8, 4) is 22.3 Å². The van der Waals surface area contributed by atoms with Gasteiger partial charge in [-0.05, 0) is 68.5 Å². The summed E-state index contributed by atoms with van der Waals surface area (Å²) in [6.45, 7) is 0. The summed E-state index contributed by atoms with van der Waals surface area (Å²) in [6.07, 6.45) is 3.63. The average Bonchev–Trinajstić information content (AvgIpc) is 3.96. The molecule has 6 aromatic carbocycles. The summed E-state index contributed by atoms with van der Waals surface area (Å²) >= 11 is 3.63. The van der Waals surface area contributed by atoms with Gasteiger partial charge in [0.1, 0.15) is 0 Å². The number of nitrogens with zero attached hydrogens (tertiary/aromatic N) is 6. The minimum atomic E-state index is 0.778. The Labute approximate surface area is 351 Å². The Bertz CT molecular complexity index is 2930. The van der Waals surface area contributed by atoms with Gasteiger partial charge in [-0.25, -0.2) is 19.0 Å². The highest BCUT2D eigenvalue weighted by molar-refractivity contribution is 9.10. The lowest BCUT2D eigenvalue weighted by Gasteiger charge is -2.10. The van der Waals surface area contributed by atoms with Gasteiger partial charge in [0.15, 0.2) is 11.6 Å². The second-order valence-electron chi connectivity index (χ2n) is 13.8. The number of aromatic nitrogens is 4. The Morgan fingerprint density at radius 2 is 0.780 bits per heavy atom. The predicted molar refractivity (Wildman–Crippen MR) is 245 cm³/mol. The minimum absolute atomic E-state index is 0.778. The molecule has 10 aromatic rings. The van der Waals surface area contributed by atoms with Gasteiger partial charge in [0.25, 0.3) is 0 Å². The van der Waals surface area contributed by atoms with Crippen LogP contribution in [0.15, 0.2) is 239 Å². The lowest BCUT2D eigenvalue weighted by Crippen LogP contribution is -2.04. The summed E-state index contributed by atoms with van der Waals surface area (Å²) in [5.74, 6) is 1.58. The second-order valence-corrected chi connectivity index (χ2v) is 14.6. The first-order chi connectivity index (χ1) is 29.2. The van der Waals surface area contributed by atoms with E-state index in [1.165, 1.54) is 0 Å². The largest absolute Gasteiger partial charge is 0.228 e. The molecule has 0 unspecified atom stereocenters. The molecular formula is C52H37BrN6. The number of rotatable bonds is 8. The smallest absolute Gasteiger partial charge is 0.155 e. The van der Waals surface area contributed by atoms with Gasteiger partial charge >= 0.3 is 0 Å². The third-order valence-electron chi connectivity index (χ3n) is 9.89. The SMILES string of the molecule is Brc1cnn2c(N=C(c3ccccc3)c3ccccc3)cc(-c3ccccc3)cc12.c1ccc(C(=Nc2cc(-c3ccccc3)cc3ccnn23)c2ccccc2)cc1. The lowest BCUT2D eigenvalue weighted by molar-refractivity contribution is 0.958. The van der Waals surface area contributed by atoms with E-state index in [0.717, 1.165) is 83.1 Å². The minimum Gasteiger partial charge on any atom is -0.228 e. The van der Waals surface area contributed by atoms with Crippen molar-refractivity contribution in [3.63, 3.8) is 0 Å². The Hall–Kier alpha value is -7.48. The number of hydrogen-bond acceptors (Lipinski definition) is 4. The number of pyridine rings is 2. The van der Waals surface area contributed by atoms with Crippen molar-refractivity contribution in [2.45, 2.75) is 0 Å². The van der Waals surface area contributed by atoms with Crippen LogP contribution >= 0.6 is 15.9 Å². The number of hydrogen-bond donors (Lipinski definition) is 0. The number of benzene rings is 6. The molecule has 0 bridgehead atoms. The van der Waals surface area contributed by atoms with E-state index in [9.17, 15) is 0 Å². The Kier molecular flexibility index (Phi) is 10.9. The molecule has 4 aromatic heterocycles. The van der Waals surface area contributed by atoms with Crippen molar-refractivity contribution in [1.82, 2.24) is 19.2 Å². The van der Waals surface area contributed by atoms with Gasteiger partial charge in [0, 0.05) is 22.3 Å². The summed E-state index contributed by atoms with van der Waals surface area (Å²) in [5, 5.41) is 9.06. The number of fused-ring (bicyclic) bond motifs is 2. The maximum absolute atomic E-state index is 5.12. The van der Waals surface area contributed by atoms with Crippen LogP contribution in [-0.2, 0) is 0 Å². The quantitative estimate of drug-likeness (QED) is 0.143. The fourth-order valence-corrected chi connectivity index (χ4v) is 7.39. The summed E-state index contributed by atoms with van der Waals surface area (Å²) in [5.41, 5.74) is 12.6. The molecule has 0 radical (unpaired) electrons. The summed E-state index contributed by atoms with van der Waals surface area (Å²) in [4.78, 5) is 10.2. The first-order valence-corrected chi connectivity index (χ1v) is 20.1. The van der Waals surface area contributed by atoms with Crippen LogP contribution in [0.25, 0.3) is 33.3 Å². The van der Waals surface area contributed by atoms with Gasteiger partial charge < -0.3 is 0 Å². The molecule has 0 saturated carbocycles. The van der Waals surface area contributed by atoms with Crippen LogP contribution in [0, 0.1) is 0 Å². The summed E-state index contributed by atoms with van der Waals surface area (Å²) in [6, 6.07) is 72.3. The van der Waals surface area contributed by atoms with Crippen molar-refractivity contribution >= 4 is 50.0 Å². The van der Waals surface area contributed by atoms with E-state index in [1.807, 2.05) is 125 Å². The van der Waals surface area contributed by atoms with Crippen LogP contribution in [-0.4, -0.2) is 30.7 Å². The Balaban J connectivity index is 0.000000152. The Morgan fingerprint density at radius 3 is 1.22 bits per heavy atom. The van der Waals surface area contributed by atoms with Crippen LogP contribution in [0.3, 0.4) is 0 Å². The molecule has 10 rings (SSSR count). The van der Waals surface area contributed by atoms with Crippen molar-refractivity contribution < 1.29 is 0 Å². The fraction of sp³-hybridized carbons (Fsp3) is 0. The first-order valence-electron chi connectivity index (χ1n) is 19.3. The topological polar surface area (TPSA) is 59.3 Å². The summed E-state index contributed by atoms with van der Waals surface area (Å²) < 4.78 is 4.71. The van der Waals surface area contributed by atoms with E-state index in [1.54, 1.807) is 0 Å². The van der Waals surface area contributed by atoms with E-state index < -0.39 is 0 Å². The van der Waals surface area contributed by atoms with Gasteiger partial charge in [0.2, 0.25) is 0 Å². The zero-order valence-electron chi connectivity index (χ0n) is 31.9. The third kappa shape index (κ3) is 8.33. The highest BCUT2D eigenvalue weighted by atomic mass is 79.9. The molecule has 0 spiro atoms. The van der Waals surface area contributed by atoms with Gasteiger partial charge in [0.05, 0.1) is 39.3 Å². The number of halogens is 1. The van der Waals surface area contributed by atoms with Crippen LogP contribution in [0.1, 0.15) is 22.3 Å². The maximum Gasteiger partial charge on any atom is 0.155 e. The van der Waals surface area contributed by atoms with Crippen LogP contribution < -0.4 is 0 Å². The van der Waals surface area contributed by atoms with Crippen molar-refractivity contribution in [2.24, 2.45) is 9.98 Å².